The number of nitriles is 1. The first-order valence-electron chi connectivity index (χ1n) is 6.28. The number of nitrogens with zero attached hydrogens (tertiary/aromatic N) is 2. The Labute approximate surface area is 132 Å². The molecule has 0 bridgehead atoms. The molecule has 0 aliphatic carbocycles. The van der Waals surface area contributed by atoms with Crippen LogP contribution in [0.2, 0.25) is 0 Å². The van der Waals surface area contributed by atoms with Gasteiger partial charge in [0.1, 0.15) is 22.1 Å². The number of nitrogen functional groups attached to an aromatic ring is 1. The molecule has 22 heavy (non-hydrogen) atoms. The second kappa shape index (κ2) is 6.28. The molecule has 4 N–H and O–H groups in total. The van der Waals surface area contributed by atoms with Crippen molar-refractivity contribution in [2.24, 2.45) is 4.99 Å². The lowest BCUT2D eigenvalue weighted by Gasteiger charge is -2.14. The zero-order valence-electron chi connectivity index (χ0n) is 11.9. The second-order valence-corrected chi connectivity index (χ2v) is 4.88. The van der Waals surface area contributed by atoms with Crippen molar-refractivity contribution in [3.63, 3.8) is 0 Å². The molecule has 0 unspecified atom stereocenters. The van der Waals surface area contributed by atoms with Gasteiger partial charge in [-0.1, -0.05) is 18.3 Å². The van der Waals surface area contributed by atoms with Crippen LogP contribution in [0.1, 0.15) is 11.1 Å². The van der Waals surface area contributed by atoms with Crippen molar-refractivity contribution in [2.75, 3.05) is 12.8 Å². The summed E-state index contributed by atoms with van der Waals surface area (Å²) in [5.41, 5.74) is 7.98. The number of benzene rings is 1. The number of aliphatic imine (C=N–C) groups is 1. The van der Waals surface area contributed by atoms with E-state index < -0.39 is 0 Å². The number of hydrogen-bond acceptors (Lipinski definition) is 6. The zero-order valence-corrected chi connectivity index (χ0v) is 12.7. The van der Waals surface area contributed by atoms with E-state index in [0.717, 1.165) is 0 Å². The maximum absolute atomic E-state index is 9.72. The number of ether oxygens (including phenoxy) is 1. The van der Waals surface area contributed by atoms with Gasteiger partial charge in [-0.25, -0.2) is 0 Å². The summed E-state index contributed by atoms with van der Waals surface area (Å²) in [7, 11) is 1.45. The van der Waals surface area contributed by atoms with Crippen LogP contribution in [0.25, 0.3) is 11.1 Å². The molecule has 112 valence electrons. The number of anilines is 1. The molecular formula is C15H14N4O2S. The monoisotopic (exact) mass is 314 g/mol. The van der Waals surface area contributed by atoms with Crippen molar-refractivity contribution >= 4 is 24.8 Å². The van der Waals surface area contributed by atoms with Crippen LogP contribution in [-0.2, 0) is 6.54 Å². The SMILES string of the molecule is C=NCc1c(-c2ccc(O)c(OC)c2)c(C#N)c(N)[nH]c1=S. The fourth-order valence-electron chi connectivity index (χ4n) is 2.19. The van der Waals surface area contributed by atoms with E-state index in [1.807, 2.05) is 0 Å². The standard InChI is InChI=1S/C15H14N4O2S/c1-18-7-10-13(9(6-16)14(17)19-15(10)22)8-3-4-11(20)12(5-8)21-2/h3-5,20H,1,7H2,2H3,(H3,17,19,22). The average molecular weight is 314 g/mol. The quantitative estimate of drug-likeness (QED) is 0.594. The van der Waals surface area contributed by atoms with E-state index >= 15 is 0 Å². The summed E-state index contributed by atoms with van der Waals surface area (Å²) in [6.45, 7) is 3.71. The summed E-state index contributed by atoms with van der Waals surface area (Å²) in [4.78, 5) is 6.65. The topological polar surface area (TPSA) is 107 Å². The Morgan fingerprint density at radius 2 is 2.27 bits per heavy atom. The van der Waals surface area contributed by atoms with E-state index in [4.69, 9.17) is 22.7 Å². The van der Waals surface area contributed by atoms with Gasteiger partial charge >= 0.3 is 0 Å². The molecule has 0 radical (unpaired) electrons. The molecule has 0 saturated carbocycles. The van der Waals surface area contributed by atoms with Crippen molar-refractivity contribution in [1.29, 1.82) is 5.26 Å². The first-order chi connectivity index (χ1) is 10.5. The number of methoxy groups -OCH3 is 1. The van der Waals surface area contributed by atoms with Crippen LogP contribution in [-0.4, -0.2) is 23.9 Å². The molecule has 0 fully saturated rings. The number of phenolic OH excluding ortho intramolecular Hbond substituents is 1. The highest BCUT2D eigenvalue weighted by atomic mass is 32.1. The minimum Gasteiger partial charge on any atom is -0.504 e. The molecule has 7 heteroatoms. The minimum atomic E-state index is 0.00205. The lowest BCUT2D eigenvalue weighted by Crippen LogP contribution is -2.03. The van der Waals surface area contributed by atoms with Crippen molar-refractivity contribution in [3.8, 4) is 28.7 Å². The third-order valence-electron chi connectivity index (χ3n) is 3.19. The summed E-state index contributed by atoms with van der Waals surface area (Å²) < 4.78 is 5.50. The van der Waals surface area contributed by atoms with Gasteiger partial charge in [0.15, 0.2) is 11.5 Å². The largest absolute Gasteiger partial charge is 0.504 e. The fraction of sp³-hybridized carbons (Fsp3) is 0.133. The van der Waals surface area contributed by atoms with E-state index in [9.17, 15) is 10.4 Å². The molecule has 6 nitrogen and oxygen atoms in total. The second-order valence-electron chi connectivity index (χ2n) is 4.48. The third-order valence-corrected chi connectivity index (χ3v) is 3.54. The average Bonchev–Trinajstić information content (AvgIpc) is 2.50. The van der Waals surface area contributed by atoms with Gasteiger partial charge in [-0.2, -0.15) is 5.26 Å². The number of nitrogens with one attached hydrogen (secondary N) is 1. The highest BCUT2D eigenvalue weighted by molar-refractivity contribution is 7.71. The number of aromatic amines is 1. The summed E-state index contributed by atoms with van der Waals surface area (Å²) in [5.74, 6) is 0.473. The number of aromatic hydroxyl groups is 1. The normalized spacial score (nSPS) is 10.0. The Morgan fingerprint density at radius 3 is 2.86 bits per heavy atom. The summed E-state index contributed by atoms with van der Waals surface area (Å²) in [6, 6.07) is 6.83. The molecule has 1 aromatic carbocycles. The lowest BCUT2D eigenvalue weighted by molar-refractivity contribution is 0.373. The van der Waals surface area contributed by atoms with Crippen LogP contribution in [0, 0.1) is 16.0 Å². The van der Waals surface area contributed by atoms with Gasteiger partial charge in [-0.15, -0.1) is 0 Å². The van der Waals surface area contributed by atoms with E-state index in [2.05, 4.69) is 22.8 Å². The molecule has 2 rings (SSSR count). The molecule has 1 aromatic heterocycles. The summed E-state index contributed by atoms with van der Waals surface area (Å²) >= 11 is 5.27. The molecule has 2 aromatic rings. The fourth-order valence-corrected chi connectivity index (χ4v) is 2.47. The van der Waals surface area contributed by atoms with Gasteiger partial charge in [0, 0.05) is 11.1 Å². The van der Waals surface area contributed by atoms with Crippen LogP contribution in [0.5, 0.6) is 11.5 Å². The smallest absolute Gasteiger partial charge is 0.161 e. The van der Waals surface area contributed by atoms with Crippen LogP contribution >= 0.6 is 12.2 Å². The van der Waals surface area contributed by atoms with Crippen molar-refractivity contribution in [2.45, 2.75) is 6.54 Å². The van der Waals surface area contributed by atoms with Gasteiger partial charge < -0.3 is 20.6 Å². The highest BCUT2D eigenvalue weighted by Gasteiger charge is 2.17. The van der Waals surface area contributed by atoms with Crippen LogP contribution < -0.4 is 10.5 Å². The minimum absolute atomic E-state index is 0.00205. The maximum Gasteiger partial charge on any atom is 0.161 e. The van der Waals surface area contributed by atoms with Gasteiger partial charge in [-0.3, -0.25) is 4.99 Å². The molecule has 0 spiro atoms. The molecule has 0 amide bonds. The number of aromatic nitrogens is 1. The van der Waals surface area contributed by atoms with E-state index in [-0.39, 0.29) is 29.4 Å². The van der Waals surface area contributed by atoms with Gasteiger partial charge in [0.2, 0.25) is 0 Å². The lowest BCUT2D eigenvalue weighted by atomic mass is 9.96. The Kier molecular flexibility index (Phi) is 4.44. The Morgan fingerprint density at radius 1 is 1.55 bits per heavy atom. The van der Waals surface area contributed by atoms with E-state index in [1.54, 1.807) is 12.1 Å². The number of phenols is 1. The van der Waals surface area contributed by atoms with Crippen LogP contribution in [0.3, 0.4) is 0 Å². The summed E-state index contributed by atoms with van der Waals surface area (Å²) in [5, 5.41) is 19.1. The molecular weight excluding hydrogens is 300 g/mol. The number of rotatable bonds is 4. The first-order valence-corrected chi connectivity index (χ1v) is 6.68. The molecule has 0 saturated heterocycles. The molecule has 1 heterocycles. The highest BCUT2D eigenvalue weighted by Crippen LogP contribution is 2.36. The Bertz CT molecular complexity index is 837. The van der Waals surface area contributed by atoms with Crippen molar-refractivity contribution in [1.82, 2.24) is 4.98 Å². The molecule has 0 aliphatic rings. The van der Waals surface area contributed by atoms with Gasteiger partial charge in [-0.05, 0) is 24.4 Å². The van der Waals surface area contributed by atoms with E-state index in [1.165, 1.54) is 13.2 Å². The van der Waals surface area contributed by atoms with Crippen LogP contribution in [0.15, 0.2) is 23.2 Å². The van der Waals surface area contributed by atoms with Gasteiger partial charge in [0.25, 0.3) is 0 Å². The third kappa shape index (κ3) is 2.64. The number of H-pyrrole nitrogens is 1. The predicted octanol–water partition coefficient (Wildman–Crippen LogP) is 2.78. The number of pyridine rings is 1. The Balaban J connectivity index is 2.86. The Hall–Kier alpha value is -2.85. The van der Waals surface area contributed by atoms with E-state index in [0.29, 0.717) is 21.3 Å². The van der Waals surface area contributed by atoms with Crippen molar-refractivity contribution < 1.29 is 9.84 Å². The number of hydrogen-bond donors (Lipinski definition) is 3. The first kappa shape index (κ1) is 15.5. The van der Waals surface area contributed by atoms with Crippen molar-refractivity contribution in [3.05, 3.63) is 34.0 Å². The van der Waals surface area contributed by atoms with Crippen LogP contribution in [0.4, 0.5) is 5.82 Å². The van der Waals surface area contributed by atoms with Gasteiger partial charge in [0.05, 0.1) is 13.7 Å². The summed E-state index contributed by atoms with van der Waals surface area (Å²) in [6.07, 6.45) is 0. The zero-order chi connectivity index (χ0) is 16.3. The molecule has 0 atom stereocenters. The number of nitrogens with two attached hydrogens (primary N) is 1. The maximum atomic E-state index is 9.72. The predicted molar refractivity (Wildman–Crippen MR) is 87.7 cm³/mol. The molecule has 0 aliphatic heterocycles.